The van der Waals surface area contributed by atoms with Crippen LogP contribution in [0.1, 0.15) is 11.1 Å². The molecule has 22 heavy (non-hydrogen) atoms. The van der Waals surface area contributed by atoms with Gasteiger partial charge >= 0.3 is 5.88 Å². The number of nitro benzene ring substituents is 1. The monoisotopic (exact) mass is 296 g/mol. The molecule has 8 nitrogen and oxygen atoms in total. The van der Waals surface area contributed by atoms with Crippen molar-refractivity contribution in [3.63, 3.8) is 0 Å². The van der Waals surface area contributed by atoms with Gasteiger partial charge in [-0.05, 0) is 6.07 Å². The summed E-state index contributed by atoms with van der Waals surface area (Å²) in [5.74, 6) is -0.00125. The van der Waals surface area contributed by atoms with Gasteiger partial charge in [0, 0.05) is 11.6 Å². The fraction of sp³-hybridized carbons (Fsp3) is 0.0714. The number of hydrogen-bond donors (Lipinski definition) is 1. The van der Waals surface area contributed by atoms with Crippen molar-refractivity contribution in [1.29, 1.82) is 10.5 Å². The van der Waals surface area contributed by atoms with Crippen LogP contribution in [0.25, 0.3) is 11.1 Å². The van der Waals surface area contributed by atoms with E-state index in [1.165, 1.54) is 25.3 Å². The molecule has 0 saturated heterocycles. The summed E-state index contributed by atoms with van der Waals surface area (Å²) in [6.45, 7) is 0. The molecule has 2 rings (SSSR count). The molecule has 0 unspecified atom stereocenters. The number of methoxy groups -OCH3 is 1. The maximum atomic E-state index is 11.2. The van der Waals surface area contributed by atoms with Crippen molar-refractivity contribution in [3.05, 3.63) is 45.5 Å². The van der Waals surface area contributed by atoms with Crippen LogP contribution in [0.3, 0.4) is 0 Å². The number of aromatic amines is 1. The number of rotatable bonds is 3. The highest BCUT2D eigenvalue weighted by atomic mass is 16.6. The number of benzene rings is 1. The third-order valence-electron chi connectivity index (χ3n) is 3.04. The molecule has 0 bridgehead atoms. The first-order valence-electron chi connectivity index (χ1n) is 6.01. The number of aromatic nitrogens is 1. The van der Waals surface area contributed by atoms with Crippen LogP contribution in [-0.2, 0) is 0 Å². The molecule has 0 atom stereocenters. The van der Waals surface area contributed by atoms with Crippen LogP contribution in [-0.4, -0.2) is 12.0 Å². The quantitative estimate of drug-likeness (QED) is 0.670. The first-order valence-corrected chi connectivity index (χ1v) is 6.01. The summed E-state index contributed by atoms with van der Waals surface area (Å²) in [7, 11) is 1.32. The van der Waals surface area contributed by atoms with Gasteiger partial charge in [-0.1, -0.05) is 12.1 Å². The number of nitro groups is 1. The highest BCUT2D eigenvalue weighted by molar-refractivity contribution is 5.85. The molecule has 0 amide bonds. The number of nitrogens with two attached hydrogens (primary N) is 1. The number of anilines is 1. The molecule has 0 fully saturated rings. The zero-order chi connectivity index (χ0) is 16.3. The van der Waals surface area contributed by atoms with Crippen molar-refractivity contribution in [1.82, 2.24) is 0 Å². The van der Waals surface area contributed by atoms with Crippen molar-refractivity contribution < 1.29 is 14.6 Å². The number of para-hydroxylation sites is 1. The summed E-state index contributed by atoms with van der Waals surface area (Å²) < 4.78 is 5.04. The molecule has 0 spiro atoms. The summed E-state index contributed by atoms with van der Waals surface area (Å²) >= 11 is 0. The molecule has 0 aliphatic heterocycles. The summed E-state index contributed by atoms with van der Waals surface area (Å²) in [5.41, 5.74) is 5.65. The van der Waals surface area contributed by atoms with Crippen LogP contribution in [0.5, 0.6) is 5.88 Å². The average Bonchev–Trinajstić information content (AvgIpc) is 2.53. The predicted octanol–water partition coefficient (Wildman–Crippen LogP) is 1.41. The van der Waals surface area contributed by atoms with Gasteiger partial charge in [0.15, 0.2) is 5.56 Å². The van der Waals surface area contributed by atoms with E-state index < -0.39 is 4.92 Å². The van der Waals surface area contributed by atoms with E-state index in [0.717, 1.165) is 0 Å². The Kier molecular flexibility index (Phi) is 3.87. The zero-order valence-electron chi connectivity index (χ0n) is 11.5. The van der Waals surface area contributed by atoms with Gasteiger partial charge in [0.1, 0.15) is 17.7 Å². The van der Waals surface area contributed by atoms with E-state index in [-0.39, 0.29) is 39.6 Å². The van der Waals surface area contributed by atoms with Crippen LogP contribution in [0.2, 0.25) is 0 Å². The number of nitriles is 2. The lowest BCUT2D eigenvalue weighted by Gasteiger charge is -2.09. The minimum absolute atomic E-state index is 0.0254. The van der Waals surface area contributed by atoms with E-state index >= 15 is 0 Å². The van der Waals surface area contributed by atoms with Gasteiger partial charge in [-0.3, -0.25) is 15.8 Å². The third-order valence-corrected chi connectivity index (χ3v) is 3.04. The molecular formula is C14H10N5O3+. The molecule has 1 aromatic carbocycles. The highest BCUT2D eigenvalue weighted by Gasteiger charge is 2.28. The maximum Gasteiger partial charge on any atom is 0.300 e. The number of H-pyrrole nitrogens is 1. The molecule has 2 aromatic rings. The molecule has 0 aliphatic rings. The maximum absolute atomic E-state index is 11.2. The van der Waals surface area contributed by atoms with Gasteiger partial charge in [-0.15, -0.1) is 0 Å². The molecular weight excluding hydrogens is 286 g/mol. The molecule has 8 heteroatoms. The van der Waals surface area contributed by atoms with Crippen molar-refractivity contribution in [2.45, 2.75) is 0 Å². The van der Waals surface area contributed by atoms with Crippen molar-refractivity contribution in [2.75, 3.05) is 12.8 Å². The zero-order valence-corrected chi connectivity index (χ0v) is 11.5. The Balaban J connectivity index is 2.98. The van der Waals surface area contributed by atoms with Crippen LogP contribution in [0, 0.1) is 32.8 Å². The number of pyridine rings is 1. The summed E-state index contributed by atoms with van der Waals surface area (Å²) in [4.78, 5) is 13.2. The molecule has 0 aliphatic carbocycles. The van der Waals surface area contributed by atoms with Crippen LogP contribution >= 0.6 is 0 Å². The smallest absolute Gasteiger partial charge is 0.300 e. The van der Waals surface area contributed by atoms with Crippen molar-refractivity contribution in [3.8, 4) is 29.1 Å². The molecule has 0 saturated carbocycles. The highest BCUT2D eigenvalue weighted by Crippen LogP contribution is 2.37. The Morgan fingerprint density at radius 2 is 1.91 bits per heavy atom. The Morgan fingerprint density at radius 3 is 2.45 bits per heavy atom. The lowest BCUT2D eigenvalue weighted by Crippen LogP contribution is -2.18. The Hall–Kier alpha value is -3.65. The topological polar surface area (TPSA) is 140 Å². The Bertz CT molecular complexity index is 849. The van der Waals surface area contributed by atoms with E-state index in [2.05, 4.69) is 4.98 Å². The second-order valence-corrected chi connectivity index (χ2v) is 4.19. The van der Waals surface area contributed by atoms with Gasteiger partial charge in [-0.2, -0.15) is 10.5 Å². The minimum atomic E-state index is -0.586. The lowest BCUT2D eigenvalue weighted by atomic mass is 9.95. The second-order valence-electron chi connectivity index (χ2n) is 4.19. The van der Waals surface area contributed by atoms with Gasteiger partial charge in [0.25, 0.3) is 11.5 Å². The van der Waals surface area contributed by atoms with Crippen LogP contribution < -0.4 is 15.5 Å². The largest absolute Gasteiger partial charge is 0.465 e. The lowest BCUT2D eigenvalue weighted by molar-refractivity contribution is -0.384. The van der Waals surface area contributed by atoms with Gasteiger partial charge in [0.05, 0.1) is 17.6 Å². The number of hydrogen-bond acceptors (Lipinski definition) is 6. The van der Waals surface area contributed by atoms with Gasteiger partial charge in [-0.25, -0.2) is 4.98 Å². The van der Waals surface area contributed by atoms with Gasteiger partial charge < -0.3 is 4.74 Å². The summed E-state index contributed by atoms with van der Waals surface area (Å²) in [6.07, 6.45) is 0. The van der Waals surface area contributed by atoms with E-state index in [9.17, 15) is 20.6 Å². The average molecular weight is 296 g/mol. The normalized spacial score (nSPS) is 9.59. The van der Waals surface area contributed by atoms with E-state index in [1.54, 1.807) is 6.07 Å². The number of ether oxygens (including phenoxy) is 1. The van der Waals surface area contributed by atoms with E-state index in [4.69, 9.17) is 10.5 Å². The fourth-order valence-corrected chi connectivity index (χ4v) is 2.11. The number of nitrogens with zero attached hydrogens (tertiary/aromatic N) is 3. The molecule has 1 heterocycles. The summed E-state index contributed by atoms with van der Waals surface area (Å²) in [6, 6.07) is 9.58. The molecule has 3 N–H and O–H groups in total. The summed E-state index contributed by atoms with van der Waals surface area (Å²) in [5, 5.41) is 29.9. The molecule has 0 radical (unpaired) electrons. The standard InChI is InChI=1S/C14H9N5O3/c1-22-14-10(7-16)12(9(6-15)13(17)18-14)8-4-2-3-5-11(8)19(20)21/h2-5H,1H3,(H2,17,18)/p+1. The second kappa shape index (κ2) is 5.77. The first kappa shape index (κ1) is 14.8. The van der Waals surface area contributed by atoms with E-state index in [0.29, 0.717) is 0 Å². The van der Waals surface area contributed by atoms with Crippen LogP contribution in [0.4, 0.5) is 11.5 Å². The molecule has 1 aromatic heterocycles. The van der Waals surface area contributed by atoms with Crippen molar-refractivity contribution in [2.24, 2.45) is 0 Å². The Labute approximate surface area is 125 Å². The molecule has 108 valence electrons. The predicted molar refractivity (Wildman–Crippen MR) is 75.5 cm³/mol. The van der Waals surface area contributed by atoms with E-state index in [1.807, 2.05) is 12.1 Å². The number of nitrogens with one attached hydrogen (secondary N) is 1. The van der Waals surface area contributed by atoms with Crippen molar-refractivity contribution >= 4 is 11.5 Å². The van der Waals surface area contributed by atoms with Crippen LogP contribution in [0.15, 0.2) is 24.3 Å². The Morgan fingerprint density at radius 1 is 1.27 bits per heavy atom. The third kappa shape index (κ3) is 2.25. The van der Waals surface area contributed by atoms with Gasteiger partial charge in [0.2, 0.25) is 0 Å². The number of nitrogen functional groups attached to an aromatic ring is 1. The first-order chi connectivity index (χ1) is 10.5. The minimum Gasteiger partial charge on any atom is -0.465 e. The SMILES string of the molecule is COc1[nH+]c(N)c(C#N)c(-c2ccccc2[N+](=O)[O-])c1C#N. The fourth-order valence-electron chi connectivity index (χ4n) is 2.11.